The first-order valence-corrected chi connectivity index (χ1v) is 6.77. The van der Waals surface area contributed by atoms with E-state index in [9.17, 15) is 4.79 Å². The Balaban J connectivity index is 2.08. The van der Waals surface area contributed by atoms with Crippen molar-refractivity contribution >= 4 is 16.8 Å². The predicted octanol–water partition coefficient (Wildman–Crippen LogP) is 3.60. The summed E-state index contributed by atoms with van der Waals surface area (Å²) in [5.41, 5.74) is 3.35. The number of ketones is 1. The second-order valence-corrected chi connectivity index (χ2v) is 4.80. The van der Waals surface area contributed by atoms with Gasteiger partial charge in [-0.2, -0.15) is 0 Å². The zero-order valence-corrected chi connectivity index (χ0v) is 11.6. The van der Waals surface area contributed by atoms with E-state index in [-0.39, 0.29) is 5.78 Å². The lowest BCUT2D eigenvalue weighted by Gasteiger charge is -2.03. The van der Waals surface area contributed by atoms with Crippen LogP contribution in [0.3, 0.4) is 0 Å². The van der Waals surface area contributed by atoms with Gasteiger partial charge in [0.2, 0.25) is 0 Å². The number of carbonyl (C=O) groups is 1. The van der Waals surface area contributed by atoms with Crippen LogP contribution in [0, 0.1) is 6.92 Å². The first-order valence-electron chi connectivity index (χ1n) is 6.77. The van der Waals surface area contributed by atoms with Crippen molar-refractivity contribution in [1.82, 2.24) is 9.55 Å². The highest BCUT2D eigenvalue weighted by Crippen LogP contribution is 2.19. The lowest BCUT2D eigenvalue weighted by atomic mass is 10.0. The van der Waals surface area contributed by atoms with Crippen molar-refractivity contribution in [2.24, 2.45) is 0 Å². The topological polar surface area (TPSA) is 34.9 Å². The van der Waals surface area contributed by atoms with Gasteiger partial charge in [-0.3, -0.25) is 4.79 Å². The highest BCUT2D eigenvalue weighted by atomic mass is 16.1. The van der Waals surface area contributed by atoms with Crippen molar-refractivity contribution in [3.8, 4) is 0 Å². The Morgan fingerprint density at radius 3 is 2.55 bits per heavy atom. The van der Waals surface area contributed by atoms with Crippen LogP contribution in [0.25, 0.3) is 11.0 Å². The largest absolute Gasteiger partial charge is 0.329 e. The van der Waals surface area contributed by atoms with Crippen LogP contribution in [-0.4, -0.2) is 15.3 Å². The summed E-state index contributed by atoms with van der Waals surface area (Å²) in [6.45, 7) is 4.97. The minimum Gasteiger partial charge on any atom is -0.329 e. The third-order valence-corrected chi connectivity index (χ3v) is 3.55. The molecule has 100 valence electrons. The summed E-state index contributed by atoms with van der Waals surface area (Å²) in [6.07, 6.45) is 0. The highest BCUT2D eigenvalue weighted by molar-refractivity contribution is 6.10. The SMILES string of the molecule is CCn1c(C)nc2cc(C(=O)c3ccccc3)ccc21. The zero-order valence-electron chi connectivity index (χ0n) is 11.6. The molecule has 2 aromatic carbocycles. The molecule has 20 heavy (non-hydrogen) atoms. The minimum absolute atomic E-state index is 0.0381. The van der Waals surface area contributed by atoms with Gasteiger partial charge in [0.05, 0.1) is 11.0 Å². The van der Waals surface area contributed by atoms with Gasteiger partial charge < -0.3 is 4.57 Å². The zero-order chi connectivity index (χ0) is 14.1. The highest BCUT2D eigenvalue weighted by Gasteiger charge is 2.12. The predicted molar refractivity (Wildman–Crippen MR) is 80.0 cm³/mol. The Bertz CT molecular complexity index is 772. The molecule has 3 heteroatoms. The molecule has 0 atom stereocenters. The van der Waals surface area contributed by atoms with E-state index in [2.05, 4.69) is 16.5 Å². The lowest BCUT2D eigenvalue weighted by molar-refractivity contribution is 0.103. The molecule has 1 aromatic heterocycles. The summed E-state index contributed by atoms with van der Waals surface area (Å²) in [6, 6.07) is 15.1. The Labute approximate surface area is 117 Å². The molecule has 0 saturated heterocycles. The number of hydrogen-bond donors (Lipinski definition) is 0. The van der Waals surface area contributed by atoms with Crippen LogP contribution in [0.4, 0.5) is 0 Å². The molecule has 0 aliphatic carbocycles. The first kappa shape index (κ1) is 12.6. The fourth-order valence-corrected chi connectivity index (χ4v) is 2.55. The van der Waals surface area contributed by atoms with Gasteiger partial charge in [-0.1, -0.05) is 30.3 Å². The van der Waals surface area contributed by atoms with Crippen molar-refractivity contribution < 1.29 is 4.79 Å². The molecular formula is C17H16N2O. The number of aromatic nitrogens is 2. The van der Waals surface area contributed by atoms with E-state index < -0.39 is 0 Å². The fraction of sp³-hybridized carbons (Fsp3) is 0.176. The molecule has 0 N–H and O–H groups in total. The molecule has 0 amide bonds. The van der Waals surface area contributed by atoms with E-state index in [1.807, 2.05) is 55.5 Å². The van der Waals surface area contributed by atoms with E-state index in [0.717, 1.165) is 23.4 Å². The van der Waals surface area contributed by atoms with Gasteiger partial charge in [-0.05, 0) is 32.0 Å². The van der Waals surface area contributed by atoms with E-state index in [1.165, 1.54) is 0 Å². The Kier molecular flexibility index (Phi) is 3.11. The average molecular weight is 264 g/mol. The van der Waals surface area contributed by atoms with Crippen LogP contribution in [0.15, 0.2) is 48.5 Å². The van der Waals surface area contributed by atoms with Crippen molar-refractivity contribution in [2.75, 3.05) is 0 Å². The Morgan fingerprint density at radius 2 is 1.85 bits per heavy atom. The smallest absolute Gasteiger partial charge is 0.193 e. The van der Waals surface area contributed by atoms with Gasteiger partial charge in [0, 0.05) is 17.7 Å². The maximum Gasteiger partial charge on any atom is 0.193 e. The summed E-state index contributed by atoms with van der Waals surface area (Å²) < 4.78 is 2.14. The summed E-state index contributed by atoms with van der Waals surface area (Å²) in [5, 5.41) is 0. The van der Waals surface area contributed by atoms with Gasteiger partial charge >= 0.3 is 0 Å². The number of fused-ring (bicyclic) bond motifs is 1. The first-order chi connectivity index (χ1) is 9.70. The molecule has 0 fully saturated rings. The van der Waals surface area contributed by atoms with E-state index in [4.69, 9.17) is 0 Å². The fourth-order valence-electron chi connectivity index (χ4n) is 2.55. The summed E-state index contributed by atoms with van der Waals surface area (Å²) in [7, 11) is 0. The summed E-state index contributed by atoms with van der Waals surface area (Å²) in [5.74, 6) is 1.02. The molecule has 3 rings (SSSR count). The standard InChI is InChI=1S/C17H16N2O/c1-3-19-12(2)18-15-11-14(9-10-16(15)19)17(20)13-7-5-4-6-8-13/h4-11H,3H2,1-2H3. The maximum absolute atomic E-state index is 12.4. The molecular weight excluding hydrogens is 248 g/mol. The van der Waals surface area contributed by atoms with Gasteiger partial charge in [0.1, 0.15) is 5.82 Å². The number of rotatable bonds is 3. The van der Waals surface area contributed by atoms with Crippen molar-refractivity contribution in [1.29, 1.82) is 0 Å². The number of aryl methyl sites for hydroxylation is 2. The molecule has 0 aliphatic heterocycles. The molecule has 0 aliphatic rings. The van der Waals surface area contributed by atoms with Gasteiger partial charge in [0.15, 0.2) is 5.78 Å². The molecule has 3 nitrogen and oxygen atoms in total. The quantitative estimate of drug-likeness (QED) is 0.677. The van der Waals surface area contributed by atoms with Gasteiger partial charge in [-0.25, -0.2) is 4.98 Å². The molecule has 1 heterocycles. The van der Waals surface area contributed by atoms with E-state index in [0.29, 0.717) is 11.1 Å². The van der Waals surface area contributed by atoms with Crippen LogP contribution in [0.5, 0.6) is 0 Å². The average Bonchev–Trinajstić information content (AvgIpc) is 2.81. The monoisotopic (exact) mass is 264 g/mol. The normalized spacial score (nSPS) is 10.9. The molecule has 3 aromatic rings. The summed E-state index contributed by atoms with van der Waals surface area (Å²) >= 11 is 0. The third-order valence-electron chi connectivity index (χ3n) is 3.55. The van der Waals surface area contributed by atoms with Crippen molar-refractivity contribution in [3.63, 3.8) is 0 Å². The third kappa shape index (κ3) is 2.01. The van der Waals surface area contributed by atoms with Gasteiger partial charge in [-0.15, -0.1) is 0 Å². The molecule has 0 radical (unpaired) electrons. The van der Waals surface area contributed by atoms with Crippen LogP contribution in [-0.2, 0) is 6.54 Å². The Hall–Kier alpha value is -2.42. The van der Waals surface area contributed by atoms with Crippen LogP contribution < -0.4 is 0 Å². The van der Waals surface area contributed by atoms with Crippen LogP contribution >= 0.6 is 0 Å². The molecule has 0 spiro atoms. The molecule has 0 saturated carbocycles. The number of benzene rings is 2. The molecule has 0 bridgehead atoms. The lowest BCUT2D eigenvalue weighted by Crippen LogP contribution is -2.01. The minimum atomic E-state index is 0.0381. The van der Waals surface area contributed by atoms with Crippen molar-refractivity contribution in [2.45, 2.75) is 20.4 Å². The summed E-state index contributed by atoms with van der Waals surface area (Å²) in [4.78, 5) is 16.9. The number of hydrogen-bond acceptors (Lipinski definition) is 2. The van der Waals surface area contributed by atoms with Crippen LogP contribution in [0.2, 0.25) is 0 Å². The van der Waals surface area contributed by atoms with Crippen LogP contribution in [0.1, 0.15) is 28.7 Å². The number of imidazole rings is 1. The van der Waals surface area contributed by atoms with Gasteiger partial charge in [0.25, 0.3) is 0 Å². The van der Waals surface area contributed by atoms with E-state index in [1.54, 1.807) is 0 Å². The second kappa shape index (κ2) is 4.93. The second-order valence-electron chi connectivity index (χ2n) is 4.80. The molecule has 0 unspecified atom stereocenters. The van der Waals surface area contributed by atoms with Crippen molar-refractivity contribution in [3.05, 3.63) is 65.5 Å². The Morgan fingerprint density at radius 1 is 1.10 bits per heavy atom. The number of nitrogens with zero attached hydrogens (tertiary/aromatic N) is 2. The van der Waals surface area contributed by atoms with E-state index >= 15 is 0 Å². The maximum atomic E-state index is 12.4. The number of carbonyl (C=O) groups excluding carboxylic acids is 1.